The number of aliphatic hydroxyl groups is 1. The van der Waals surface area contributed by atoms with Crippen molar-refractivity contribution in [3.05, 3.63) is 22.4 Å². The van der Waals surface area contributed by atoms with Gasteiger partial charge in [0.25, 0.3) is 0 Å². The lowest BCUT2D eigenvalue weighted by atomic mass is 9.92. The predicted molar refractivity (Wildman–Crippen MR) is 59.4 cm³/mol. The zero-order valence-electron chi connectivity index (χ0n) is 8.28. The van der Waals surface area contributed by atoms with Crippen molar-refractivity contribution in [1.82, 2.24) is 0 Å². The van der Waals surface area contributed by atoms with Gasteiger partial charge >= 0.3 is 0 Å². The average Bonchev–Trinajstić information content (AvgIpc) is 2.94. The molecule has 0 aliphatic heterocycles. The van der Waals surface area contributed by atoms with E-state index < -0.39 is 5.60 Å². The van der Waals surface area contributed by atoms with E-state index in [4.69, 9.17) is 5.73 Å². The monoisotopic (exact) mass is 211 g/mol. The summed E-state index contributed by atoms with van der Waals surface area (Å²) < 4.78 is 0. The Hall–Kier alpha value is -0.380. The van der Waals surface area contributed by atoms with Gasteiger partial charge in [-0.25, -0.2) is 0 Å². The summed E-state index contributed by atoms with van der Waals surface area (Å²) in [5, 5.41) is 12.3. The van der Waals surface area contributed by atoms with Crippen molar-refractivity contribution in [1.29, 1.82) is 0 Å². The third-order valence-corrected chi connectivity index (χ3v) is 4.01. The SMILES string of the molecule is NCC(O)(CCc1cccs1)C1CC1. The Kier molecular flexibility index (Phi) is 2.91. The van der Waals surface area contributed by atoms with Crippen LogP contribution in [0.1, 0.15) is 24.1 Å². The van der Waals surface area contributed by atoms with E-state index in [1.807, 2.05) is 0 Å². The molecule has 0 saturated heterocycles. The van der Waals surface area contributed by atoms with Gasteiger partial charge in [-0.3, -0.25) is 0 Å². The smallest absolute Gasteiger partial charge is 0.0800 e. The first-order valence-corrected chi connectivity index (χ1v) is 6.07. The van der Waals surface area contributed by atoms with Gasteiger partial charge in [0.1, 0.15) is 0 Å². The van der Waals surface area contributed by atoms with Gasteiger partial charge < -0.3 is 10.8 Å². The highest BCUT2D eigenvalue weighted by Crippen LogP contribution is 2.41. The Balaban J connectivity index is 1.89. The summed E-state index contributed by atoms with van der Waals surface area (Å²) >= 11 is 1.75. The van der Waals surface area contributed by atoms with Crippen LogP contribution >= 0.6 is 11.3 Å². The molecule has 1 aromatic rings. The zero-order chi connectivity index (χ0) is 10.0. The maximum atomic E-state index is 10.2. The molecular formula is C11H17NOS. The molecule has 2 rings (SSSR count). The molecule has 14 heavy (non-hydrogen) atoms. The highest BCUT2D eigenvalue weighted by molar-refractivity contribution is 7.09. The second-order valence-electron chi connectivity index (χ2n) is 4.16. The van der Waals surface area contributed by atoms with Crippen LogP contribution in [0.15, 0.2) is 17.5 Å². The van der Waals surface area contributed by atoms with Crippen LogP contribution in [0.2, 0.25) is 0 Å². The summed E-state index contributed by atoms with van der Waals surface area (Å²) in [7, 11) is 0. The van der Waals surface area contributed by atoms with E-state index in [0.717, 1.165) is 25.7 Å². The van der Waals surface area contributed by atoms with E-state index in [1.165, 1.54) is 4.88 Å². The Bertz CT molecular complexity index is 281. The standard InChI is InChI=1S/C11H17NOS/c12-8-11(13,9-3-4-9)6-5-10-2-1-7-14-10/h1-2,7,9,13H,3-6,8,12H2. The van der Waals surface area contributed by atoms with Crippen LogP contribution in [0.4, 0.5) is 0 Å². The lowest BCUT2D eigenvalue weighted by Crippen LogP contribution is -2.40. The van der Waals surface area contributed by atoms with Crippen molar-refractivity contribution in [2.45, 2.75) is 31.3 Å². The number of hydrogen-bond donors (Lipinski definition) is 2. The fourth-order valence-corrected chi connectivity index (χ4v) is 2.60. The molecule has 0 amide bonds. The summed E-state index contributed by atoms with van der Waals surface area (Å²) in [4.78, 5) is 1.34. The van der Waals surface area contributed by atoms with Crippen LogP contribution in [-0.4, -0.2) is 17.3 Å². The highest BCUT2D eigenvalue weighted by Gasteiger charge is 2.42. The zero-order valence-corrected chi connectivity index (χ0v) is 9.09. The van der Waals surface area contributed by atoms with Crippen molar-refractivity contribution < 1.29 is 5.11 Å². The Morgan fingerprint density at radius 1 is 1.57 bits per heavy atom. The van der Waals surface area contributed by atoms with Crippen molar-refractivity contribution in [2.75, 3.05) is 6.54 Å². The molecule has 78 valence electrons. The summed E-state index contributed by atoms with van der Waals surface area (Å²) in [6, 6.07) is 4.17. The van der Waals surface area contributed by atoms with Crippen molar-refractivity contribution in [2.24, 2.45) is 11.7 Å². The predicted octanol–water partition coefficient (Wildman–Crippen LogP) is 1.78. The molecule has 0 radical (unpaired) electrons. The van der Waals surface area contributed by atoms with Gasteiger partial charge in [-0.2, -0.15) is 0 Å². The fourth-order valence-electron chi connectivity index (χ4n) is 1.89. The molecule has 1 aromatic heterocycles. The molecule has 1 atom stereocenters. The van der Waals surface area contributed by atoms with Crippen molar-refractivity contribution in [3.63, 3.8) is 0 Å². The summed E-state index contributed by atoms with van der Waals surface area (Å²) in [5.74, 6) is 0.465. The lowest BCUT2D eigenvalue weighted by Gasteiger charge is -2.26. The van der Waals surface area contributed by atoms with E-state index >= 15 is 0 Å². The number of hydrogen-bond acceptors (Lipinski definition) is 3. The molecule has 3 heteroatoms. The first kappa shape index (κ1) is 10.1. The molecule has 1 saturated carbocycles. The molecule has 0 bridgehead atoms. The molecule has 1 unspecified atom stereocenters. The first-order chi connectivity index (χ1) is 6.74. The molecule has 1 aliphatic rings. The molecular weight excluding hydrogens is 194 g/mol. The van der Waals surface area contributed by atoms with Crippen LogP contribution in [0.25, 0.3) is 0 Å². The van der Waals surface area contributed by atoms with Crippen molar-refractivity contribution >= 4 is 11.3 Å². The van der Waals surface area contributed by atoms with E-state index in [1.54, 1.807) is 11.3 Å². The maximum absolute atomic E-state index is 10.2. The number of thiophene rings is 1. The minimum absolute atomic E-state index is 0.406. The van der Waals surface area contributed by atoms with E-state index in [0.29, 0.717) is 12.5 Å². The van der Waals surface area contributed by atoms with Gasteiger partial charge in [0.15, 0.2) is 0 Å². The van der Waals surface area contributed by atoms with Crippen LogP contribution in [0.5, 0.6) is 0 Å². The van der Waals surface area contributed by atoms with Crippen LogP contribution < -0.4 is 5.73 Å². The third-order valence-electron chi connectivity index (χ3n) is 3.08. The average molecular weight is 211 g/mol. The lowest BCUT2D eigenvalue weighted by molar-refractivity contribution is 0.0183. The molecule has 0 spiro atoms. The highest BCUT2D eigenvalue weighted by atomic mass is 32.1. The molecule has 3 N–H and O–H groups in total. The van der Waals surface area contributed by atoms with E-state index in [2.05, 4.69) is 17.5 Å². The quantitative estimate of drug-likeness (QED) is 0.780. The Morgan fingerprint density at radius 2 is 2.36 bits per heavy atom. The summed E-state index contributed by atoms with van der Waals surface area (Å²) in [6.45, 7) is 0.406. The van der Waals surface area contributed by atoms with Gasteiger partial charge in [0.05, 0.1) is 5.60 Å². The minimum atomic E-state index is -0.593. The fraction of sp³-hybridized carbons (Fsp3) is 0.636. The van der Waals surface area contributed by atoms with Crippen LogP contribution in [-0.2, 0) is 6.42 Å². The number of rotatable bonds is 5. The number of nitrogens with two attached hydrogens (primary N) is 1. The maximum Gasteiger partial charge on any atom is 0.0800 e. The van der Waals surface area contributed by atoms with Crippen LogP contribution in [0.3, 0.4) is 0 Å². The molecule has 0 aromatic carbocycles. The normalized spacial score (nSPS) is 20.7. The summed E-state index contributed by atoms with van der Waals surface area (Å²) in [6.07, 6.45) is 4.08. The minimum Gasteiger partial charge on any atom is -0.388 e. The third kappa shape index (κ3) is 2.16. The second-order valence-corrected chi connectivity index (χ2v) is 5.19. The number of aryl methyl sites for hydroxylation is 1. The van der Waals surface area contributed by atoms with Gasteiger partial charge in [0.2, 0.25) is 0 Å². The van der Waals surface area contributed by atoms with Gasteiger partial charge in [-0.05, 0) is 43.0 Å². The molecule has 1 heterocycles. The van der Waals surface area contributed by atoms with E-state index in [-0.39, 0.29) is 0 Å². The van der Waals surface area contributed by atoms with Gasteiger partial charge in [-0.1, -0.05) is 6.07 Å². The first-order valence-electron chi connectivity index (χ1n) is 5.19. The Morgan fingerprint density at radius 3 is 2.86 bits per heavy atom. The summed E-state index contributed by atoms with van der Waals surface area (Å²) in [5.41, 5.74) is 5.05. The van der Waals surface area contributed by atoms with Gasteiger partial charge in [-0.15, -0.1) is 11.3 Å². The molecule has 1 fully saturated rings. The second kappa shape index (κ2) is 4.01. The Labute approximate surface area is 88.8 Å². The largest absolute Gasteiger partial charge is 0.388 e. The van der Waals surface area contributed by atoms with Gasteiger partial charge in [0, 0.05) is 11.4 Å². The molecule has 2 nitrogen and oxygen atoms in total. The van der Waals surface area contributed by atoms with Crippen LogP contribution in [0, 0.1) is 5.92 Å². The topological polar surface area (TPSA) is 46.2 Å². The molecule has 1 aliphatic carbocycles. The van der Waals surface area contributed by atoms with Crippen molar-refractivity contribution in [3.8, 4) is 0 Å². The van der Waals surface area contributed by atoms with E-state index in [9.17, 15) is 5.11 Å².